The number of aromatic amines is 1. The van der Waals surface area contributed by atoms with E-state index in [0.717, 1.165) is 30.5 Å². The van der Waals surface area contributed by atoms with Gasteiger partial charge in [-0.2, -0.15) is 0 Å². The Morgan fingerprint density at radius 1 is 1.15 bits per heavy atom. The van der Waals surface area contributed by atoms with Gasteiger partial charge < -0.3 is 15.8 Å². The Morgan fingerprint density at radius 3 is 2.54 bits per heavy atom. The number of H-pyrrole nitrogens is 1. The summed E-state index contributed by atoms with van der Waals surface area (Å²) in [6, 6.07) is 8.41. The second kappa shape index (κ2) is 8.65. The minimum Gasteiger partial charge on any atom is -0.394 e. The van der Waals surface area contributed by atoms with Crippen LogP contribution in [0.25, 0.3) is 0 Å². The SMILES string of the molecule is Cc1ccc(CCCC(=O)c2cc(C)c(CCC(C)(N)CO)[nH]2)c(C)c1. The molecule has 0 saturated heterocycles. The quantitative estimate of drug-likeness (QED) is 0.598. The molecule has 1 unspecified atom stereocenters. The second-order valence-electron chi connectivity index (χ2n) is 7.86. The molecule has 1 heterocycles. The first-order valence-electron chi connectivity index (χ1n) is 9.39. The van der Waals surface area contributed by atoms with Crippen molar-refractivity contribution < 1.29 is 9.90 Å². The largest absolute Gasteiger partial charge is 0.394 e. The van der Waals surface area contributed by atoms with Crippen LogP contribution in [-0.4, -0.2) is 28.0 Å². The standard InChI is InChI=1S/C22H32N2O2/c1-15-8-9-18(16(2)12-15)6-5-7-21(26)20-13-17(3)19(24-20)10-11-22(4,23)14-25/h8-9,12-13,24-25H,5-7,10-11,14,23H2,1-4H3. The molecule has 1 aromatic heterocycles. The number of aliphatic hydroxyl groups is 1. The number of nitrogens with two attached hydrogens (primary N) is 1. The minimum absolute atomic E-state index is 0.0447. The Balaban J connectivity index is 1.90. The number of carbonyl (C=O) groups excluding carboxylic acids is 1. The van der Waals surface area contributed by atoms with Crippen LogP contribution in [0.5, 0.6) is 0 Å². The summed E-state index contributed by atoms with van der Waals surface area (Å²) in [5, 5.41) is 9.27. The van der Waals surface area contributed by atoms with Crippen molar-refractivity contribution in [3.05, 3.63) is 57.9 Å². The van der Waals surface area contributed by atoms with Gasteiger partial charge in [-0.05, 0) is 76.1 Å². The zero-order valence-electron chi connectivity index (χ0n) is 16.5. The first-order valence-corrected chi connectivity index (χ1v) is 9.39. The molecule has 4 nitrogen and oxygen atoms in total. The molecule has 4 heteroatoms. The molecule has 0 spiro atoms. The second-order valence-corrected chi connectivity index (χ2v) is 7.86. The van der Waals surface area contributed by atoms with Crippen molar-refractivity contribution in [1.82, 2.24) is 4.98 Å². The molecule has 26 heavy (non-hydrogen) atoms. The van der Waals surface area contributed by atoms with Gasteiger partial charge in [-0.25, -0.2) is 0 Å². The third kappa shape index (κ3) is 5.55. The van der Waals surface area contributed by atoms with Crippen LogP contribution in [0.2, 0.25) is 0 Å². The number of nitrogens with one attached hydrogen (secondary N) is 1. The molecule has 0 aliphatic carbocycles. The number of aromatic nitrogens is 1. The summed E-state index contributed by atoms with van der Waals surface area (Å²) < 4.78 is 0. The predicted octanol–water partition coefficient (Wildman–Crippen LogP) is 3.79. The van der Waals surface area contributed by atoms with Gasteiger partial charge in [0.15, 0.2) is 5.78 Å². The van der Waals surface area contributed by atoms with E-state index in [0.29, 0.717) is 18.5 Å². The molecule has 0 saturated carbocycles. The summed E-state index contributed by atoms with van der Waals surface area (Å²) in [5.41, 5.74) is 12.1. The molecule has 4 N–H and O–H groups in total. The van der Waals surface area contributed by atoms with Gasteiger partial charge in [-0.15, -0.1) is 0 Å². The Morgan fingerprint density at radius 2 is 1.88 bits per heavy atom. The smallest absolute Gasteiger partial charge is 0.179 e. The Labute approximate surface area is 156 Å². The Kier molecular flexibility index (Phi) is 6.79. The van der Waals surface area contributed by atoms with Gasteiger partial charge in [0.05, 0.1) is 12.3 Å². The van der Waals surface area contributed by atoms with E-state index in [2.05, 4.69) is 37.0 Å². The van der Waals surface area contributed by atoms with Crippen LogP contribution >= 0.6 is 0 Å². The van der Waals surface area contributed by atoms with Gasteiger partial charge in [0.1, 0.15) is 0 Å². The van der Waals surface area contributed by atoms with Crippen LogP contribution in [0.1, 0.15) is 64.6 Å². The summed E-state index contributed by atoms with van der Waals surface area (Å²) in [5.74, 6) is 0.154. The normalized spacial score (nSPS) is 13.6. The predicted molar refractivity (Wildman–Crippen MR) is 107 cm³/mol. The van der Waals surface area contributed by atoms with Gasteiger partial charge in [-0.3, -0.25) is 4.79 Å². The highest BCUT2D eigenvalue weighted by atomic mass is 16.3. The molecule has 0 aliphatic heterocycles. The fourth-order valence-electron chi connectivity index (χ4n) is 3.20. The highest BCUT2D eigenvalue weighted by molar-refractivity contribution is 5.94. The van der Waals surface area contributed by atoms with E-state index in [1.165, 1.54) is 16.7 Å². The van der Waals surface area contributed by atoms with E-state index in [-0.39, 0.29) is 12.4 Å². The van der Waals surface area contributed by atoms with Crippen LogP contribution < -0.4 is 5.73 Å². The highest BCUT2D eigenvalue weighted by Gasteiger charge is 2.19. The third-order valence-electron chi connectivity index (χ3n) is 5.08. The number of carbonyl (C=O) groups is 1. The molecule has 2 aromatic rings. The van der Waals surface area contributed by atoms with E-state index in [4.69, 9.17) is 5.73 Å². The van der Waals surface area contributed by atoms with Crippen LogP contribution in [0.3, 0.4) is 0 Å². The van der Waals surface area contributed by atoms with Crippen molar-refractivity contribution in [3.63, 3.8) is 0 Å². The number of hydrogen-bond acceptors (Lipinski definition) is 3. The van der Waals surface area contributed by atoms with E-state index >= 15 is 0 Å². The first kappa shape index (κ1) is 20.4. The molecule has 0 amide bonds. The van der Waals surface area contributed by atoms with Crippen LogP contribution in [0.4, 0.5) is 0 Å². The first-order chi connectivity index (χ1) is 12.2. The lowest BCUT2D eigenvalue weighted by atomic mass is 9.96. The summed E-state index contributed by atoms with van der Waals surface area (Å²) in [4.78, 5) is 15.8. The lowest BCUT2D eigenvalue weighted by Crippen LogP contribution is -2.40. The van der Waals surface area contributed by atoms with Gasteiger partial charge in [-0.1, -0.05) is 23.8 Å². The number of rotatable bonds is 9. The van der Waals surface area contributed by atoms with Crippen molar-refractivity contribution in [2.75, 3.05) is 6.61 Å². The summed E-state index contributed by atoms with van der Waals surface area (Å²) >= 11 is 0. The molecule has 1 atom stereocenters. The van der Waals surface area contributed by atoms with E-state index < -0.39 is 5.54 Å². The monoisotopic (exact) mass is 356 g/mol. The molecular formula is C22H32N2O2. The van der Waals surface area contributed by atoms with Gasteiger partial charge in [0, 0.05) is 17.7 Å². The van der Waals surface area contributed by atoms with Crippen LogP contribution in [-0.2, 0) is 12.8 Å². The average molecular weight is 357 g/mol. The number of ketones is 1. The summed E-state index contributed by atoms with van der Waals surface area (Å²) in [6.45, 7) is 8.02. The van der Waals surface area contributed by atoms with E-state index in [1.807, 2.05) is 19.9 Å². The number of Topliss-reactive ketones (excluding diaryl/α,β-unsaturated/α-hetero) is 1. The van der Waals surface area contributed by atoms with E-state index in [1.54, 1.807) is 0 Å². The molecule has 0 aliphatic rings. The zero-order chi connectivity index (χ0) is 19.3. The van der Waals surface area contributed by atoms with Crippen LogP contribution in [0.15, 0.2) is 24.3 Å². The lowest BCUT2D eigenvalue weighted by Gasteiger charge is -2.21. The van der Waals surface area contributed by atoms with Crippen molar-refractivity contribution >= 4 is 5.78 Å². The Bertz CT molecular complexity index is 759. The molecule has 0 fully saturated rings. The lowest BCUT2D eigenvalue weighted by molar-refractivity contribution is 0.0975. The van der Waals surface area contributed by atoms with Crippen molar-refractivity contribution in [1.29, 1.82) is 0 Å². The molecule has 0 bridgehead atoms. The topological polar surface area (TPSA) is 79.1 Å². The fraction of sp³-hybridized carbons (Fsp3) is 0.500. The number of aliphatic hydroxyl groups excluding tert-OH is 1. The molecule has 1 aromatic carbocycles. The van der Waals surface area contributed by atoms with Gasteiger partial charge in [0.2, 0.25) is 0 Å². The van der Waals surface area contributed by atoms with E-state index in [9.17, 15) is 9.90 Å². The van der Waals surface area contributed by atoms with Crippen molar-refractivity contribution in [2.45, 2.75) is 65.3 Å². The average Bonchev–Trinajstić information content (AvgIpc) is 2.96. The summed E-state index contributed by atoms with van der Waals surface area (Å²) in [6.07, 6.45) is 3.71. The number of hydrogen-bond donors (Lipinski definition) is 3. The maximum Gasteiger partial charge on any atom is 0.179 e. The highest BCUT2D eigenvalue weighted by Crippen LogP contribution is 2.18. The third-order valence-corrected chi connectivity index (χ3v) is 5.08. The molecular weight excluding hydrogens is 324 g/mol. The van der Waals surface area contributed by atoms with Crippen molar-refractivity contribution in [3.8, 4) is 0 Å². The maximum atomic E-state index is 12.5. The summed E-state index contributed by atoms with van der Waals surface area (Å²) in [7, 11) is 0. The van der Waals surface area contributed by atoms with Gasteiger partial charge >= 0.3 is 0 Å². The van der Waals surface area contributed by atoms with Crippen molar-refractivity contribution in [2.24, 2.45) is 5.73 Å². The molecule has 0 radical (unpaired) electrons. The fourth-order valence-corrected chi connectivity index (χ4v) is 3.20. The molecule has 2 rings (SSSR count). The number of benzene rings is 1. The zero-order valence-corrected chi connectivity index (χ0v) is 16.5. The minimum atomic E-state index is -0.590. The molecule has 142 valence electrons. The van der Waals surface area contributed by atoms with Crippen LogP contribution in [0, 0.1) is 20.8 Å². The van der Waals surface area contributed by atoms with Gasteiger partial charge in [0.25, 0.3) is 0 Å². The maximum absolute atomic E-state index is 12.5. The Hall–Kier alpha value is -1.91. The number of aryl methyl sites for hydroxylation is 5.